The van der Waals surface area contributed by atoms with Crippen molar-refractivity contribution in [1.29, 1.82) is 0 Å². The molecule has 0 bridgehead atoms. The molecule has 0 saturated carbocycles. The number of hydrogen-bond acceptors (Lipinski definition) is 2. The zero-order chi connectivity index (χ0) is 39.4. The summed E-state index contributed by atoms with van der Waals surface area (Å²) in [5.74, 6) is 0. The number of hydrogen-bond donors (Lipinski definition) is 0. The van der Waals surface area contributed by atoms with Crippen LogP contribution in [0.4, 0.5) is 28.4 Å². The Kier molecular flexibility index (Phi) is 6.42. The predicted molar refractivity (Wildman–Crippen MR) is 250 cm³/mol. The lowest BCUT2D eigenvalue weighted by Gasteiger charge is -2.51. The fourth-order valence-corrected chi connectivity index (χ4v) is 11.7. The summed E-state index contributed by atoms with van der Waals surface area (Å²) in [5.41, 5.74) is 22.0. The Balaban J connectivity index is 1.20. The van der Waals surface area contributed by atoms with Crippen LogP contribution in [0.15, 0.2) is 176 Å². The molecule has 0 amide bonds. The van der Waals surface area contributed by atoms with Gasteiger partial charge in [-0.05, 0) is 119 Å². The van der Waals surface area contributed by atoms with Crippen LogP contribution >= 0.6 is 0 Å². The lowest BCUT2D eigenvalue weighted by molar-refractivity contribution is 0.633. The van der Waals surface area contributed by atoms with E-state index in [0.29, 0.717) is 0 Å². The molecule has 1 aliphatic carbocycles. The molecule has 0 saturated heterocycles. The second-order valence-electron chi connectivity index (χ2n) is 18.1. The largest absolute Gasteiger partial charge is 0.376 e. The van der Waals surface area contributed by atoms with Crippen molar-refractivity contribution in [3.63, 3.8) is 0 Å². The maximum absolute atomic E-state index is 2.74. The molecule has 9 aromatic rings. The Hall–Kier alpha value is -6.84. The topological polar surface area (TPSA) is 6.48 Å². The Labute approximate surface area is 346 Å². The molecule has 0 radical (unpaired) electrons. The molecule has 9 aromatic carbocycles. The lowest BCUT2D eigenvalue weighted by atomic mass is 9.42. The molecule has 2 nitrogen and oxygen atoms in total. The summed E-state index contributed by atoms with van der Waals surface area (Å²) >= 11 is 0. The van der Waals surface area contributed by atoms with E-state index >= 15 is 0 Å². The molecule has 0 N–H and O–H groups in total. The monoisotopic (exact) mass is 752 g/mol. The normalized spacial score (nSPS) is 15.6. The highest BCUT2D eigenvalue weighted by molar-refractivity contribution is 6.94. The Morgan fingerprint density at radius 1 is 0.424 bits per heavy atom. The van der Waals surface area contributed by atoms with Gasteiger partial charge in [0, 0.05) is 39.1 Å². The highest BCUT2D eigenvalue weighted by Crippen LogP contribution is 2.59. The fraction of sp³-hybridized carbons (Fsp3) is 0.107. The first-order valence-corrected chi connectivity index (χ1v) is 21.1. The molecule has 13 rings (SSSR count). The fourth-order valence-electron chi connectivity index (χ4n) is 11.7. The molecule has 59 heavy (non-hydrogen) atoms. The van der Waals surface area contributed by atoms with Crippen LogP contribution in [0, 0.1) is 0 Å². The Morgan fingerprint density at radius 3 is 1.95 bits per heavy atom. The molecule has 0 fully saturated rings. The Bertz CT molecular complexity index is 3300. The van der Waals surface area contributed by atoms with Crippen LogP contribution in [0.5, 0.6) is 0 Å². The number of fused-ring (bicyclic) bond motifs is 12. The molecule has 0 unspecified atom stereocenters. The van der Waals surface area contributed by atoms with E-state index in [1.807, 2.05) is 0 Å². The van der Waals surface area contributed by atoms with Gasteiger partial charge < -0.3 is 9.71 Å². The molecule has 3 heteroatoms. The van der Waals surface area contributed by atoms with Crippen LogP contribution in [-0.4, -0.2) is 6.85 Å². The smallest absolute Gasteiger partial charge is 0.333 e. The highest BCUT2D eigenvalue weighted by Gasteiger charge is 2.51. The quantitative estimate of drug-likeness (QED) is 0.162. The standard InChI is InChI=1S/C56H41BN2/c1-55(2)44-25-15-26-46-54(44)58(49-32-36-19-9-8-18-35(36)31-45(49)55)50-33-38-20-10-11-21-39(38)51-42-30-37(34-16-6-5-7-17-34)28-29-47(42)59(57(46)53(50)51)48-27-14-23-41-40-22-12-13-24-43(40)56(3,4)52(41)48/h5-33H,1-4H3. The maximum Gasteiger partial charge on any atom is 0.333 e. The minimum absolute atomic E-state index is 0.0744. The average Bonchev–Trinajstić information content (AvgIpc) is 3.51. The van der Waals surface area contributed by atoms with Gasteiger partial charge >= 0.3 is 6.85 Å². The van der Waals surface area contributed by atoms with E-state index in [1.54, 1.807) is 0 Å². The van der Waals surface area contributed by atoms with Gasteiger partial charge in [0.25, 0.3) is 0 Å². The van der Waals surface area contributed by atoms with Crippen molar-refractivity contribution >= 4 is 67.8 Å². The van der Waals surface area contributed by atoms with Gasteiger partial charge in [-0.2, -0.15) is 0 Å². The third-order valence-corrected chi connectivity index (χ3v) is 14.3. The average molecular weight is 753 g/mol. The second kappa shape index (κ2) is 11.4. The van der Waals surface area contributed by atoms with Gasteiger partial charge in [-0.25, -0.2) is 0 Å². The number of anilines is 5. The van der Waals surface area contributed by atoms with Crippen molar-refractivity contribution in [2.45, 2.75) is 38.5 Å². The maximum atomic E-state index is 2.74. The first-order valence-electron chi connectivity index (χ1n) is 21.1. The van der Waals surface area contributed by atoms with Gasteiger partial charge in [0.15, 0.2) is 0 Å². The molecule has 0 atom stereocenters. The van der Waals surface area contributed by atoms with Crippen LogP contribution in [0.25, 0.3) is 54.9 Å². The van der Waals surface area contributed by atoms with Crippen LogP contribution in [0.3, 0.4) is 0 Å². The van der Waals surface area contributed by atoms with Crippen molar-refractivity contribution in [2.75, 3.05) is 9.71 Å². The summed E-state index contributed by atoms with van der Waals surface area (Å²) in [6.07, 6.45) is 0. The Morgan fingerprint density at radius 2 is 1.10 bits per heavy atom. The van der Waals surface area contributed by atoms with E-state index in [2.05, 4.69) is 213 Å². The third-order valence-electron chi connectivity index (χ3n) is 14.3. The number of rotatable bonds is 2. The zero-order valence-corrected chi connectivity index (χ0v) is 33.7. The SMILES string of the molecule is CC1(C)c2cc3ccccc3cc2N2c3cc4ccccc4c4c3B(c3cccc1c32)N(c1cccc2c1C(C)(C)c1ccccc1-2)c1ccc(-c2ccccc2)cc1-4. The van der Waals surface area contributed by atoms with Crippen LogP contribution in [0.1, 0.15) is 49.9 Å². The summed E-state index contributed by atoms with van der Waals surface area (Å²) < 4.78 is 0. The van der Waals surface area contributed by atoms with Crippen molar-refractivity contribution in [1.82, 2.24) is 0 Å². The summed E-state index contributed by atoms with van der Waals surface area (Å²) in [5, 5.41) is 5.10. The van der Waals surface area contributed by atoms with Crippen molar-refractivity contribution in [3.05, 3.63) is 198 Å². The van der Waals surface area contributed by atoms with E-state index in [9.17, 15) is 0 Å². The van der Waals surface area contributed by atoms with Gasteiger partial charge in [-0.15, -0.1) is 0 Å². The molecule has 3 aliphatic heterocycles. The third kappa shape index (κ3) is 4.22. The molecule has 4 aliphatic rings. The van der Waals surface area contributed by atoms with Crippen molar-refractivity contribution < 1.29 is 0 Å². The van der Waals surface area contributed by atoms with Crippen LogP contribution in [-0.2, 0) is 10.8 Å². The number of benzene rings is 9. The molecule has 0 spiro atoms. The van der Waals surface area contributed by atoms with E-state index in [1.165, 1.54) is 117 Å². The molecule has 3 heterocycles. The zero-order valence-electron chi connectivity index (χ0n) is 33.7. The van der Waals surface area contributed by atoms with E-state index in [4.69, 9.17) is 0 Å². The molecule has 278 valence electrons. The minimum atomic E-state index is -0.224. The van der Waals surface area contributed by atoms with E-state index < -0.39 is 0 Å². The van der Waals surface area contributed by atoms with E-state index in [-0.39, 0.29) is 17.7 Å². The van der Waals surface area contributed by atoms with Crippen molar-refractivity contribution in [3.8, 4) is 33.4 Å². The van der Waals surface area contributed by atoms with Gasteiger partial charge in [0.05, 0.1) is 5.69 Å². The summed E-state index contributed by atoms with van der Waals surface area (Å²) in [6, 6.07) is 66.7. The van der Waals surface area contributed by atoms with Gasteiger partial charge in [-0.3, -0.25) is 0 Å². The predicted octanol–water partition coefficient (Wildman–Crippen LogP) is 13.3. The van der Waals surface area contributed by atoms with Gasteiger partial charge in [-0.1, -0.05) is 167 Å². The van der Waals surface area contributed by atoms with E-state index in [0.717, 1.165) is 0 Å². The number of nitrogens with zero attached hydrogens (tertiary/aromatic N) is 2. The van der Waals surface area contributed by atoms with Gasteiger partial charge in [0.2, 0.25) is 0 Å². The molecular weight excluding hydrogens is 711 g/mol. The lowest BCUT2D eigenvalue weighted by Crippen LogP contribution is -2.62. The first-order chi connectivity index (χ1) is 28.8. The minimum Gasteiger partial charge on any atom is -0.376 e. The van der Waals surface area contributed by atoms with Gasteiger partial charge in [0.1, 0.15) is 0 Å². The van der Waals surface area contributed by atoms with Crippen LogP contribution < -0.4 is 20.6 Å². The second-order valence-corrected chi connectivity index (χ2v) is 18.1. The summed E-state index contributed by atoms with van der Waals surface area (Å²) in [4.78, 5) is 5.39. The van der Waals surface area contributed by atoms with Crippen LogP contribution in [0.2, 0.25) is 0 Å². The number of para-hydroxylation sites is 1. The van der Waals surface area contributed by atoms with Crippen molar-refractivity contribution in [2.24, 2.45) is 0 Å². The first kappa shape index (κ1) is 33.2. The molecule has 0 aromatic heterocycles. The molecular formula is C56H41BN2. The summed E-state index contributed by atoms with van der Waals surface area (Å²) in [7, 11) is 0. The summed E-state index contributed by atoms with van der Waals surface area (Å²) in [6.45, 7) is 9.63. The highest BCUT2D eigenvalue weighted by atomic mass is 15.2.